The molecule has 1 aliphatic heterocycles. The lowest BCUT2D eigenvalue weighted by Gasteiger charge is -2.21. The van der Waals surface area contributed by atoms with Gasteiger partial charge in [-0.25, -0.2) is 0 Å². The highest BCUT2D eigenvalue weighted by Crippen LogP contribution is 2.32. The first-order chi connectivity index (χ1) is 10.8. The van der Waals surface area contributed by atoms with Crippen LogP contribution in [-0.2, 0) is 10.5 Å². The zero-order valence-electron chi connectivity index (χ0n) is 12.0. The highest BCUT2D eigenvalue weighted by Gasteiger charge is 2.15. The normalized spacial score (nSPS) is 18.5. The average molecular weight is 373 g/mol. The van der Waals surface area contributed by atoms with E-state index in [1.165, 1.54) is 24.8 Å². The summed E-state index contributed by atoms with van der Waals surface area (Å²) in [4.78, 5) is 0. The first-order valence-electron chi connectivity index (χ1n) is 7.25. The first kappa shape index (κ1) is 16.6. The highest BCUT2D eigenvalue weighted by molar-refractivity contribution is 8.02. The Morgan fingerprint density at radius 3 is 2.64 bits per heavy atom. The lowest BCUT2D eigenvalue weighted by atomic mass is 10.1. The van der Waals surface area contributed by atoms with Crippen molar-refractivity contribution in [1.82, 2.24) is 10.2 Å². The molecule has 1 unspecified atom stereocenters. The van der Waals surface area contributed by atoms with Gasteiger partial charge in [0.05, 0.1) is 6.10 Å². The third-order valence-corrected chi connectivity index (χ3v) is 6.98. The van der Waals surface area contributed by atoms with Crippen molar-refractivity contribution >= 4 is 46.5 Å². The number of ether oxygens (including phenoxy) is 1. The molecule has 0 radical (unpaired) electrons. The summed E-state index contributed by atoms with van der Waals surface area (Å²) >= 11 is 11.0. The third kappa shape index (κ3) is 5.13. The Kier molecular flexibility index (Phi) is 6.44. The molecule has 3 nitrogen and oxygen atoms in total. The van der Waals surface area contributed by atoms with Crippen molar-refractivity contribution in [2.75, 3.05) is 12.4 Å². The molecule has 22 heavy (non-hydrogen) atoms. The van der Waals surface area contributed by atoms with E-state index in [1.54, 1.807) is 34.9 Å². The second-order valence-corrected chi connectivity index (χ2v) is 8.95. The van der Waals surface area contributed by atoms with Crippen LogP contribution in [0.4, 0.5) is 0 Å². The molecule has 0 N–H and O–H groups in total. The molecule has 1 fully saturated rings. The van der Waals surface area contributed by atoms with Crippen LogP contribution in [0.5, 0.6) is 0 Å². The van der Waals surface area contributed by atoms with E-state index in [9.17, 15) is 0 Å². The lowest BCUT2D eigenvalue weighted by molar-refractivity contribution is 0.0315. The maximum atomic E-state index is 5.89. The van der Waals surface area contributed by atoms with Gasteiger partial charge in [0.15, 0.2) is 8.68 Å². The molecule has 118 valence electrons. The molecule has 0 bridgehead atoms. The number of thioether (sulfide) groups is 2. The van der Waals surface area contributed by atoms with Crippen LogP contribution in [0, 0.1) is 0 Å². The second kappa shape index (κ2) is 8.55. The van der Waals surface area contributed by atoms with E-state index in [-0.39, 0.29) is 0 Å². The summed E-state index contributed by atoms with van der Waals surface area (Å²) in [6, 6.07) is 7.94. The van der Waals surface area contributed by atoms with Crippen molar-refractivity contribution in [3.05, 3.63) is 34.9 Å². The molecule has 0 aliphatic carbocycles. The third-order valence-electron chi connectivity index (χ3n) is 3.33. The molecule has 0 amide bonds. The van der Waals surface area contributed by atoms with Crippen molar-refractivity contribution in [2.45, 2.75) is 39.8 Å². The molecular weight excluding hydrogens is 356 g/mol. The number of benzene rings is 1. The zero-order valence-corrected chi connectivity index (χ0v) is 15.2. The van der Waals surface area contributed by atoms with Gasteiger partial charge in [-0.15, -0.1) is 10.2 Å². The quantitative estimate of drug-likeness (QED) is 0.655. The van der Waals surface area contributed by atoms with Gasteiger partial charge >= 0.3 is 0 Å². The monoisotopic (exact) mass is 372 g/mol. The van der Waals surface area contributed by atoms with Crippen LogP contribution in [0.15, 0.2) is 32.9 Å². The number of nitrogens with zero attached hydrogens (tertiary/aromatic N) is 2. The van der Waals surface area contributed by atoms with Gasteiger partial charge in [0.25, 0.3) is 0 Å². The fourth-order valence-corrected chi connectivity index (χ4v) is 5.34. The van der Waals surface area contributed by atoms with Gasteiger partial charge in [-0.2, -0.15) is 0 Å². The fraction of sp³-hybridized carbons (Fsp3) is 0.467. The number of halogens is 1. The highest BCUT2D eigenvalue weighted by atomic mass is 35.5. The van der Waals surface area contributed by atoms with E-state index < -0.39 is 0 Å². The van der Waals surface area contributed by atoms with Crippen LogP contribution in [-0.4, -0.2) is 28.7 Å². The summed E-state index contributed by atoms with van der Waals surface area (Å²) in [5.74, 6) is 1.87. The predicted molar refractivity (Wildman–Crippen MR) is 95.2 cm³/mol. The zero-order chi connectivity index (χ0) is 15.2. The predicted octanol–water partition coefficient (Wildman–Crippen LogP) is 5.15. The van der Waals surface area contributed by atoms with E-state index >= 15 is 0 Å². The van der Waals surface area contributed by atoms with Crippen LogP contribution in [0.25, 0.3) is 0 Å². The van der Waals surface area contributed by atoms with Crippen LogP contribution in [0.2, 0.25) is 5.02 Å². The second-order valence-electron chi connectivity index (χ2n) is 5.05. The van der Waals surface area contributed by atoms with Gasteiger partial charge in [-0.1, -0.05) is 58.6 Å². The minimum atomic E-state index is 0.382. The SMILES string of the molecule is Clc1ccc(CSc2nnc(SCC3CCCCO3)s2)cc1. The summed E-state index contributed by atoms with van der Waals surface area (Å²) in [6.07, 6.45) is 4.03. The smallest absolute Gasteiger partial charge is 0.175 e. The molecule has 1 atom stereocenters. The largest absolute Gasteiger partial charge is 0.377 e. The molecule has 2 heterocycles. The fourth-order valence-electron chi connectivity index (χ4n) is 2.14. The molecule has 1 aliphatic rings. The minimum absolute atomic E-state index is 0.382. The van der Waals surface area contributed by atoms with Crippen LogP contribution < -0.4 is 0 Å². The Morgan fingerprint density at radius 1 is 1.14 bits per heavy atom. The summed E-state index contributed by atoms with van der Waals surface area (Å²) in [6.45, 7) is 0.906. The number of aromatic nitrogens is 2. The standard InChI is InChI=1S/C15H17ClN2OS3/c16-12-6-4-11(5-7-12)9-20-14-17-18-15(22-14)21-10-13-3-1-2-8-19-13/h4-7,13H,1-3,8-10H2. The molecule has 1 aromatic carbocycles. The minimum Gasteiger partial charge on any atom is -0.377 e. The summed E-state index contributed by atoms with van der Waals surface area (Å²) in [5, 5.41) is 9.29. The van der Waals surface area contributed by atoms with Crippen molar-refractivity contribution in [3.63, 3.8) is 0 Å². The van der Waals surface area contributed by atoms with Gasteiger partial charge in [0, 0.05) is 23.1 Å². The Morgan fingerprint density at radius 2 is 1.91 bits per heavy atom. The molecule has 3 rings (SSSR count). The summed E-state index contributed by atoms with van der Waals surface area (Å²) in [7, 11) is 0. The van der Waals surface area contributed by atoms with E-state index in [0.29, 0.717) is 6.10 Å². The van der Waals surface area contributed by atoms with Gasteiger partial charge in [-0.05, 0) is 37.0 Å². The number of rotatable bonds is 6. The molecule has 0 saturated carbocycles. The topological polar surface area (TPSA) is 35.0 Å². The summed E-state index contributed by atoms with van der Waals surface area (Å²) < 4.78 is 7.79. The van der Waals surface area contributed by atoms with Crippen LogP contribution in [0.3, 0.4) is 0 Å². The lowest BCUT2D eigenvalue weighted by Crippen LogP contribution is -2.21. The first-order valence-corrected chi connectivity index (χ1v) is 10.4. The van der Waals surface area contributed by atoms with Gasteiger partial charge in [0.1, 0.15) is 0 Å². The van der Waals surface area contributed by atoms with E-state index in [4.69, 9.17) is 16.3 Å². The van der Waals surface area contributed by atoms with E-state index in [1.807, 2.05) is 24.3 Å². The Hall–Kier alpha value is -0.270. The summed E-state index contributed by atoms with van der Waals surface area (Å²) in [5.41, 5.74) is 1.24. The van der Waals surface area contributed by atoms with E-state index in [0.717, 1.165) is 31.8 Å². The number of hydrogen-bond donors (Lipinski definition) is 0. The molecule has 1 saturated heterocycles. The molecule has 0 spiro atoms. The Labute approximate surface area is 148 Å². The molecule has 1 aromatic heterocycles. The van der Waals surface area contributed by atoms with Crippen molar-refractivity contribution in [1.29, 1.82) is 0 Å². The van der Waals surface area contributed by atoms with Crippen LogP contribution in [0.1, 0.15) is 24.8 Å². The van der Waals surface area contributed by atoms with E-state index in [2.05, 4.69) is 10.2 Å². The van der Waals surface area contributed by atoms with Crippen molar-refractivity contribution in [2.24, 2.45) is 0 Å². The Balaban J connectivity index is 1.45. The molecule has 7 heteroatoms. The van der Waals surface area contributed by atoms with Gasteiger partial charge in [0.2, 0.25) is 0 Å². The van der Waals surface area contributed by atoms with Crippen molar-refractivity contribution < 1.29 is 4.74 Å². The maximum absolute atomic E-state index is 5.89. The maximum Gasteiger partial charge on any atom is 0.175 e. The van der Waals surface area contributed by atoms with Gasteiger partial charge in [-0.3, -0.25) is 0 Å². The van der Waals surface area contributed by atoms with Crippen molar-refractivity contribution in [3.8, 4) is 0 Å². The average Bonchev–Trinajstić information content (AvgIpc) is 3.01. The Bertz CT molecular complexity index is 585. The molecule has 2 aromatic rings. The van der Waals surface area contributed by atoms with Crippen LogP contribution >= 0.6 is 46.5 Å². The van der Waals surface area contributed by atoms with Gasteiger partial charge < -0.3 is 4.74 Å². The number of hydrogen-bond acceptors (Lipinski definition) is 6. The molecular formula is C15H17ClN2OS3.